The largest absolute Gasteiger partial charge is 1.00 e. The van der Waals surface area contributed by atoms with Crippen molar-refractivity contribution >= 4 is 0 Å². The van der Waals surface area contributed by atoms with E-state index in [-0.39, 0.29) is 51.4 Å². The predicted molar refractivity (Wildman–Crippen MR) is 105 cm³/mol. The topological polar surface area (TPSA) is 9.23 Å². The van der Waals surface area contributed by atoms with E-state index in [1.807, 2.05) is 12.1 Å². The molecular weight excluding hydrogens is 343 g/mol. The van der Waals surface area contributed by atoms with Gasteiger partial charge in [-0.05, 0) is 0 Å². The van der Waals surface area contributed by atoms with Crippen LogP contribution in [0.15, 0.2) is 97.1 Å². The molecule has 0 aliphatic carbocycles. The summed E-state index contributed by atoms with van der Waals surface area (Å²) in [6, 6.07) is 33.8. The zero-order chi connectivity index (χ0) is 17.1. The van der Waals surface area contributed by atoms with Gasteiger partial charge in [-0.3, -0.25) is 0 Å². The summed E-state index contributed by atoms with van der Waals surface area (Å²) in [5.41, 5.74) is 7.23. The fourth-order valence-corrected chi connectivity index (χ4v) is 3.26. The molecule has 0 unspecified atom stereocenters. The van der Waals surface area contributed by atoms with E-state index in [0.717, 1.165) is 11.3 Å². The van der Waals surface area contributed by atoms with Gasteiger partial charge in [0.25, 0.3) is 0 Å². The van der Waals surface area contributed by atoms with Gasteiger partial charge in [0.05, 0.1) is 12.9 Å². The average Bonchev–Trinajstić information content (AvgIpc) is 3.14. The molecular formula is C24H19KO. The van der Waals surface area contributed by atoms with Crippen molar-refractivity contribution in [1.29, 1.82) is 0 Å². The fraction of sp³-hybridized carbons (Fsp3) is 0.0417. The Morgan fingerprint density at radius 2 is 1.08 bits per heavy atom. The molecule has 0 fully saturated rings. The summed E-state index contributed by atoms with van der Waals surface area (Å²) in [5.74, 6) is 0.895. The monoisotopic (exact) mass is 362 g/mol. The Morgan fingerprint density at radius 1 is 0.615 bits per heavy atom. The molecule has 0 aromatic heterocycles. The Bertz CT molecular complexity index is 915. The van der Waals surface area contributed by atoms with Gasteiger partial charge >= 0.3 is 51.4 Å². The van der Waals surface area contributed by atoms with Gasteiger partial charge in [0.1, 0.15) is 0 Å². The maximum Gasteiger partial charge on any atom is 1.00 e. The first-order chi connectivity index (χ1) is 12.4. The minimum absolute atomic E-state index is 0. The zero-order valence-electron chi connectivity index (χ0n) is 15.1. The first-order valence-corrected chi connectivity index (χ1v) is 8.42. The first kappa shape index (κ1) is 19.2. The molecule has 4 aromatic carbocycles. The van der Waals surface area contributed by atoms with Crippen molar-refractivity contribution < 1.29 is 56.1 Å². The number of methoxy groups -OCH3 is 1. The molecule has 0 amide bonds. The third-order valence-corrected chi connectivity index (χ3v) is 4.48. The molecule has 0 saturated carbocycles. The number of hydrogen-bond acceptors (Lipinski definition) is 1. The van der Waals surface area contributed by atoms with Gasteiger partial charge in [-0.25, -0.2) is 0 Å². The third-order valence-electron chi connectivity index (χ3n) is 4.48. The van der Waals surface area contributed by atoms with E-state index in [0.29, 0.717) is 0 Å². The molecule has 0 radical (unpaired) electrons. The van der Waals surface area contributed by atoms with E-state index in [1.54, 1.807) is 7.11 Å². The van der Waals surface area contributed by atoms with Gasteiger partial charge in [-0.15, -0.1) is 29.3 Å². The molecule has 4 aromatic rings. The van der Waals surface area contributed by atoms with Gasteiger partial charge in [0, 0.05) is 0 Å². The van der Waals surface area contributed by atoms with Crippen LogP contribution in [0.2, 0.25) is 0 Å². The normalized spacial score (nSPS) is 10.2. The van der Waals surface area contributed by atoms with Crippen LogP contribution >= 0.6 is 0 Å². The molecule has 0 saturated heterocycles. The summed E-state index contributed by atoms with van der Waals surface area (Å²) < 4.78 is 5.56. The zero-order valence-corrected chi connectivity index (χ0v) is 18.3. The standard InChI is InChI=1S/C24H19O.K/c1-25-24-15-9-8-14-21(24)20-16-22(18-10-4-2-5-11-18)23(17-20)19-12-6-3-7-13-19;/h2-17H,1H3;/q-1;+1. The minimum atomic E-state index is 0. The fourth-order valence-electron chi connectivity index (χ4n) is 3.26. The first-order valence-electron chi connectivity index (χ1n) is 8.42. The molecule has 122 valence electrons. The van der Waals surface area contributed by atoms with Gasteiger partial charge in [0.15, 0.2) is 0 Å². The van der Waals surface area contributed by atoms with E-state index in [9.17, 15) is 0 Å². The van der Waals surface area contributed by atoms with Crippen molar-refractivity contribution in [2.75, 3.05) is 7.11 Å². The summed E-state index contributed by atoms with van der Waals surface area (Å²) in [7, 11) is 1.72. The minimum Gasteiger partial charge on any atom is -0.531 e. The van der Waals surface area contributed by atoms with Crippen molar-refractivity contribution in [2.24, 2.45) is 0 Å². The van der Waals surface area contributed by atoms with Crippen LogP contribution in [-0.2, 0) is 0 Å². The van der Waals surface area contributed by atoms with E-state index < -0.39 is 0 Å². The van der Waals surface area contributed by atoms with Gasteiger partial charge in [0.2, 0.25) is 0 Å². The number of para-hydroxylation sites is 1. The van der Waals surface area contributed by atoms with Crippen LogP contribution in [-0.4, -0.2) is 7.11 Å². The van der Waals surface area contributed by atoms with E-state index in [2.05, 4.69) is 84.9 Å². The van der Waals surface area contributed by atoms with Crippen molar-refractivity contribution in [1.82, 2.24) is 0 Å². The van der Waals surface area contributed by atoms with Crippen LogP contribution in [0.1, 0.15) is 0 Å². The van der Waals surface area contributed by atoms with Crippen LogP contribution in [0.5, 0.6) is 5.75 Å². The SMILES string of the molecule is COc1ccccc1-[c-]1cc(-c2ccccc2)c(-c2ccccc2)c1.[K+]. The Hall–Kier alpha value is -1.55. The van der Waals surface area contributed by atoms with E-state index in [1.165, 1.54) is 27.8 Å². The molecule has 4 rings (SSSR count). The van der Waals surface area contributed by atoms with Gasteiger partial charge < -0.3 is 4.74 Å². The number of benzene rings is 3. The maximum atomic E-state index is 5.56. The Labute approximate surface area is 197 Å². The molecule has 0 aliphatic rings. The van der Waals surface area contributed by atoms with E-state index in [4.69, 9.17) is 4.74 Å². The second-order valence-electron chi connectivity index (χ2n) is 6.00. The van der Waals surface area contributed by atoms with Gasteiger partial charge in [-0.1, -0.05) is 101 Å². The van der Waals surface area contributed by atoms with Crippen molar-refractivity contribution in [3.63, 3.8) is 0 Å². The van der Waals surface area contributed by atoms with Crippen molar-refractivity contribution in [3.05, 3.63) is 97.1 Å². The Balaban J connectivity index is 0.00000196. The van der Waals surface area contributed by atoms with Crippen LogP contribution in [0.3, 0.4) is 0 Å². The summed E-state index contributed by atoms with van der Waals surface area (Å²) in [5, 5.41) is 0. The summed E-state index contributed by atoms with van der Waals surface area (Å²) in [6.45, 7) is 0. The molecule has 0 atom stereocenters. The molecule has 0 aliphatic heterocycles. The Kier molecular flexibility index (Phi) is 6.57. The van der Waals surface area contributed by atoms with Crippen LogP contribution < -0.4 is 56.1 Å². The maximum absolute atomic E-state index is 5.56. The molecule has 0 heterocycles. The van der Waals surface area contributed by atoms with Crippen molar-refractivity contribution in [3.8, 4) is 39.1 Å². The molecule has 0 bridgehead atoms. The molecule has 1 nitrogen and oxygen atoms in total. The van der Waals surface area contributed by atoms with Crippen molar-refractivity contribution in [2.45, 2.75) is 0 Å². The second-order valence-corrected chi connectivity index (χ2v) is 6.00. The van der Waals surface area contributed by atoms with Crippen LogP contribution in [0, 0.1) is 0 Å². The summed E-state index contributed by atoms with van der Waals surface area (Å²) >= 11 is 0. The van der Waals surface area contributed by atoms with E-state index >= 15 is 0 Å². The number of ether oxygens (including phenoxy) is 1. The molecule has 0 N–H and O–H groups in total. The quantitative estimate of drug-likeness (QED) is 0.399. The molecule has 0 spiro atoms. The summed E-state index contributed by atoms with van der Waals surface area (Å²) in [4.78, 5) is 0. The predicted octanol–water partition coefficient (Wildman–Crippen LogP) is 3.42. The summed E-state index contributed by atoms with van der Waals surface area (Å²) in [6.07, 6.45) is 0. The second kappa shape index (κ2) is 8.89. The third kappa shape index (κ3) is 3.90. The molecule has 2 heteroatoms. The smallest absolute Gasteiger partial charge is 0.531 e. The van der Waals surface area contributed by atoms with Gasteiger partial charge in [-0.2, -0.15) is 0 Å². The Morgan fingerprint density at radius 3 is 1.58 bits per heavy atom. The number of hydrogen-bond donors (Lipinski definition) is 0. The number of rotatable bonds is 4. The average molecular weight is 363 g/mol. The van der Waals surface area contributed by atoms with Crippen LogP contribution in [0.4, 0.5) is 0 Å². The molecule has 26 heavy (non-hydrogen) atoms. The van der Waals surface area contributed by atoms with Crippen LogP contribution in [0.25, 0.3) is 33.4 Å².